The van der Waals surface area contributed by atoms with E-state index in [-0.39, 0.29) is 18.0 Å². The topological polar surface area (TPSA) is 49.4 Å². The van der Waals surface area contributed by atoms with Crippen molar-refractivity contribution >= 4 is 29.3 Å². The molecule has 1 N–H and O–H groups in total. The van der Waals surface area contributed by atoms with E-state index in [1.165, 1.54) is 23.1 Å². The Labute approximate surface area is 141 Å². The molecule has 25 heavy (non-hydrogen) atoms. The van der Waals surface area contributed by atoms with Crippen LogP contribution in [0.4, 0.5) is 24.5 Å². The summed E-state index contributed by atoms with van der Waals surface area (Å²) in [6.07, 6.45) is -1.99. The van der Waals surface area contributed by atoms with E-state index in [4.69, 9.17) is 0 Å². The molecule has 1 aliphatic heterocycles. The molecule has 0 unspecified atom stereocenters. The first-order chi connectivity index (χ1) is 11.8. The number of carbonyl (C=O) groups excluding carboxylic acids is 2. The van der Waals surface area contributed by atoms with Crippen LogP contribution in [0.3, 0.4) is 0 Å². The molecule has 2 aromatic carbocycles. The Balaban J connectivity index is 1.83. The van der Waals surface area contributed by atoms with Crippen LogP contribution >= 0.6 is 0 Å². The SMILES string of the molecule is O=C1CN(C(=O)/C=C/c2cccc(C(F)(F)F)c2)c2ccccc2N1. The minimum atomic E-state index is -4.45. The molecule has 3 rings (SSSR count). The van der Waals surface area contributed by atoms with Gasteiger partial charge in [0.15, 0.2) is 0 Å². The highest BCUT2D eigenvalue weighted by atomic mass is 19.4. The molecule has 7 heteroatoms. The molecule has 0 radical (unpaired) electrons. The summed E-state index contributed by atoms with van der Waals surface area (Å²) in [7, 11) is 0. The zero-order valence-corrected chi connectivity index (χ0v) is 12.9. The smallest absolute Gasteiger partial charge is 0.323 e. The maximum absolute atomic E-state index is 12.7. The highest BCUT2D eigenvalue weighted by Crippen LogP contribution is 2.30. The Bertz CT molecular complexity index is 859. The first-order valence-corrected chi connectivity index (χ1v) is 7.40. The minimum Gasteiger partial charge on any atom is -0.323 e. The lowest BCUT2D eigenvalue weighted by molar-refractivity contribution is -0.137. The fourth-order valence-corrected chi connectivity index (χ4v) is 2.51. The number of fused-ring (bicyclic) bond motifs is 1. The van der Waals surface area contributed by atoms with E-state index in [1.807, 2.05) is 0 Å². The van der Waals surface area contributed by atoms with Crippen LogP contribution in [0.2, 0.25) is 0 Å². The number of alkyl halides is 3. The van der Waals surface area contributed by atoms with Gasteiger partial charge in [-0.2, -0.15) is 13.2 Å². The summed E-state index contributed by atoms with van der Waals surface area (Å²) in [6, 6.07) is 11.5. The summed E-state index contributed by atoms with van der Waals surface area (Å²) >= 11 is 0. The third-order valence-corrected chi connectivity index (χ3v) is 3.67. The standard InChI is InChI=1S/C18H13F3N2O2/c19-18(20,21)13-5-3-4-12(10-13)8-9-17(25)23-11-16(24)22-14-6-1-2-7-15(14)23/h1-10H,11H2,(H,22,24)/b9-8+. The van der Waals surface area contributed by atoms with Crippen molar-refractivity contribution in [2.75, 3.05) is 16.8 Å². The fourth-order valence-electron chi connectivity index (χ4n) is 2.51. The second-order valence-electron chi connectivity index (χ2n) is 5.45. The number of hydrogen-bond donors (Lipinski definition) is 1. The van der Waals surface area contributed by atoms with Crippen LogP contribution < -0.4 is 10.2 Å². The summed E-state index contributed by atoms with van der Waals surface area (Å²) < 4.78 is 38.2. The number of nitrogens with one attached hydrogen (secondary N) is 1. The second kappa shape index (κ2) is 6.43. The maximum Gasteiger partial charge on any atom is 0.416 e. The predicted octanol–water partition coefficient (Wildman–Crippen LogP) is 3.70. The monoisotopic (exact) mass is 346 g/mol. The normalized spacial score (nSPS) is 14.4. The first kappa shape index (κ1) is 16.8. The van der Waals surface area contributed by atoms with Crippen LogP contribution in [0.1, 0.15) is 11.1 Å². The zero-order valence-electron chi connectivity index (χ0n) is 12.9. The van der Waals surface area contributed by atoms with Crippen LogP contribution in [-0.4, -0.2) is 18.4 Å². The van der Waals surface area contributed by atoms with Gasteiger partial charge in [0.25, 0.3) is 5.91 Å². The Hall–Kier alpha value is -3.09. The van der Waals surface area contributed by atoms with Crippen molar-refractivity contribution in [3.05, 3.63) is 65.7 Å². The van der Waals surface area contributed by atoms with Gasteiger partial charge >= 0.3 is 6.18 Å². The van der Waals surface area contributed by atoms with Gasteiger partial charge in [0.05, 0.1) is 16.9 Å². The highest BCUT2D eigenvalue weighted by molar-refractivity contribution is 6.13. The van der Waals surface area contributed by atoms with E-state index in [0.717, 1.165) is 18.2 Å². The van der Waals surface area contributed by atoms with Gasteiger partial charge in [-0.1, -0.05) is 24.3 Å². The molecule has 4 nitrogen and oxygen atoms in total. The quantitative estimate of drug-likeness (QED) is 0.843. The van der Waals surface area contributed by atoms with E-state index in [9.17, 15) is 22.8 Å². The van der Waals surface area contributed by atoms with Crippen molar-refractivity contribution in [1.82, 2.24) is 0 Å². The molecule has 0 atom stereocenters. The lowest BCUT2D eigenvalue weighted by atomic mass is 10.1. The van der Waals surface area contributed by atoms with Crippen molar-refractivity contribution in [2.45, 2.75) is 6.18 Å². The molecule has 1 heterocycles. The number of rotatable bonds is 2. The van der Waals surface area contributed by atoms with Crippen molar-refractivity contribution in [3.8, 4) is 0 Å². The minimum absolute atomic E-state index is 0.150. The number of para-hydroxylation sites is 2. The number of halogens is 3. The second-order valence-corrected chi connectivity index (χ2v) is 5.45. The molecular weight excluding hydrogens is 333 g/mol. The van der Waals surface area contributed by atoms with Crippen LogP contribution in [0, 0.1) is 0 Å². The maximum atomic E-state index is 12.7. The van der Waals surface area contributed by atoms with Crippen LogP contribution in [0.5, 0.6) is 0 Å². The summed E-state index contributed by atoms with van der Waals surface area (Å²) in [6.45, 7) is -0.150. The van der Waals surface area contributed by atoms with E-state index >= 15 is 0 Å². The van der Waals surface area contributed by atoms with Crippen LogP contribution in [-0.2, 0) is 15.8 Å². The van der Waals surface area contributed by atoms with Crippen molar-refractivity contribution in [1.29, 1.82) is 0 Å². The van der Waals surface area contributed by atoms with Gasteiger partial charge in [-0.3, -0.25) is 14.5 Å². The molecule has 2 aromatic rings. The lowest BCUT2D eigenvalue weighted by Gasteiger charge is -2.28. The Morgan fingerprint density at radius 3 is 2.64 bits per heavy atom. The van der Waals surface area contributed by atoms with Gasteiger partial charge in [0, 0.05) is 6.08 Å². The van der Waals surface area contributed by atoms with Gasteiger partial charge in [-0.05, 0) is 35.9 Å². The molecule has 2 amide bonds. The van der Waals surface area contributed by atoms with Gasteiger partial charge in [0.1, 0.15) is 6.54 Å². The number of amides is 2. The van der Waals surface area contributed by atoms with E-state index in [2.05, 4.69) is 5.32 Å². The van der Waals surface area contributed by atoms with Gasteiger partial charge < -0.3 is 5.32 Å². The average Bonchev–Trinajstić information content (AvgIpc) is 2.58. The van der Waals surface area contributed by atoms with E-state index < -0.39 is 17.6 Å². The Kier molecular flexibility index (Phi) is 4.31. The molecule has 0 saturated heterocycles. The number of anilines is 2. The van der Waals surface area contributed by atoms with Crippen LogP contribution in [0.25, 0.3) is 6.08 Å². The van der Waals surface area contributed by atoms with Crippen molar-refractivity contribution in [3.63, 3.8) is 0 Å². The Morgan fingerprint density at radius 2 is 1.88 bits per heavy atom. The molecule has 0 spiro atoms. The van der Waals surface area contributed by atoms with Crippen molar-refractivity contribution in [2.24, 2.45) is 0 Å². The summed E-state index contributed by atoms with van der Waals surface area (Å²) in [5.74, 6) is -0.820. The average molecular weight is 346 g/mol. The third-order valence-electron chi connectivity index (χ3n) is 3.67. The summed E-state index contributed by atoms with van der Waals surface area (Å²) in [5, 5.41) is 2.66. The molecule has 0 aromatic heterocycles. The van der Waals surface area contributed by atoms with Crippen LogP contribution in [0.15, 0.2) is 54.6 Å². The zero-order chi connectivity index (χ0) is 18.0. The number of benzene rings is 2. The lowest BCUT2D eigenvalue weighted by Crippen LogP contribution is -2.41. The number of hydrogen-bond acceptors (Lipinski definition) is 2. The van der Waals surface area contributed by atoms with E-state index in [1.54, 1.807) is 24.3 Å². The molecular formula is C18H13F3N2O2. The Morgan fingerprint density at radius 1 is 1.12 bits per heavy atom. The summed E-state index contributed by atoms with van der Waals surface area (Å²) in [4.78, 5) is 25.4. The first-order valence-electron chi connectivity index (χ1n) is 7.40. The molecule has 0 saturated carbocycles. The molecule has 0 fully saturated rings. The molecule has 128 valence electrons. The van der Waals surface area contributed by atoms with Gasteiger partial charge in [-0.25, -0.2) is 0 Å². The summed E-state index contributed by atoms with van der Waals surface area (Å²) in [5.41, 5.74) is 0.517. The predicted molar refractivity (Wildman–Crippen MR) is 87.9 cm³/mol. The number of nitrogens with zero attached hydrogens (tertiary/aromatic N) is 1. The number of carbonyl (C=O) groups is 2. The molecule has 0 bridgehead atoms. The highest BCUT2D eigenvalue weighted by Gasteiger charge is 2.30. The molecule has 1 aliphatic rings. The fraction of sp³-hybridized carbons (Fsp3) is 0.111. The van der Waals surface area contributed by atoms with E-state index in [0.29, 0.717) is 11.4 Å². The van der Waals surface area contributed by atoms with Gasteiger partial charge in [-0.15, -0.1) is 0 Å². The van der Waals surface area contributed by atoms with Crippen molar-refractivity contribution < 1.29 is 22.8 Å². The largest absolute Gasteiger partial charge is 0.416 e. The third kappa shape index (κ3) is 3.71. The molecule has 0 aliphatic carbocycles. The van der Waals surface area contributed by atoms with Gasteiger partial charge in [0.2, 0.25) is 5.91 Å².